The molecule has 0 spiro atoms. The van der Waals surface area contributed by atoms with E-state index in [2.05, 4.69) is 24.9 Å². The summed E-state index contributed by atoms with van der Waals surface area (Å²) in [7, 11) is 2.15. The van der Waals surface area contributed by atoms with Gasteiger partial charge in [-0.05, 0) is 51.2 Å². The molecule has 2 aliphatic rings. The lowest BCUT2D eigenvalue weighted by Gasteiger charge is -2.37. The third kappa shape index (κ3) is 2.43. The van der Waals surface area contributed by atoms with Crippen molar-refractivity contribution in [2.75, 3.05) is 11.9 Å². The van der Waals surface area contributed by atoms with Crippen LogP contribution in [0.2, 0.25) is 0 Å². The molecule has 21 heavy (non-hydrogen) atoms. The minimum Gasteiger partial charge on any atom is -0.489 e. The van der Waals surface area contributed by atoms with Gasteiger partial charge in [0.25, 0.3) is 0 Å². The van der Waals surface area contributed by atoms with Crippen LogP contribution in [0.1, 0.15) is 43.7 Å². The third-order valence-electron chi connectivity index (χ3n) is 4.92. The average Bonchev–Trinajstić information content (AvgIpc) is 2.45. The monoisotopic (exact) mass is 287 g/mol. The van der Waals surface area contributed by atoms with Crippen molar-refractivity contribution in [1.82, 2.24) is 0 Å². The maximum atomic E-state index is 6.28. The predicted molar refractivity (Wildman–Crippen MR) is 87.2 cm³/mol. The molecule has 1 aromatic carbocycles. The molecule has 1 aromatic rings. The molecule has 4 nitrogen and oxygen atoms in total. The van der Waals surface area contributed by atoms with Gasteiger partial charge in [0.2, 0.25) is 0 Å². The van der Waals surface area contributed by atoms with Gasteiger partial charge in [-0.25, -0.2) is 0 Å². The molecular formula is C17H25N3O. The van der Waals surface area contributed by atoms with Gasteiger partial charge in [0, 0.05) is 36.1 Å². The quantitative estimate of drug-likeness (QED) is 0.897. The molecule has 0 amide bonds. The Balaban J connectivity index is 2.06. The molecule has 0 radical (unpaired) electrons. The molecule has 1 aliphatic carbocycles. The first kappa shape index (κ1) is 14.1. The standard InChI is InChI=1S/C17H25N3O/c1-11-6-7-14-16(20(11)2)9-8-13(15(19)10-18)17(14)21-12-4-3-5-12/h8-12H,3-7,18-19H2,1-2H3/b15-10-. The maximum Gasteiger partial charge on any atom is 0.134 e. The van der Waals surface area contributed by atoms with Crippen LogP contribution >= 0.6 is 0 Å². The summed E-state index contributed by atoms with van der Waals surface area (Å²) in [5.74, 6) is 0.954. The summed E-state index contributed by atoms with van der Waals surface area (Å²) in [5, 5.41) is 0. The number of benzene rings is 1. The lowest BCUT2D eigenvalue weighted by Crippen LogP contribution is -2.34. The zero-order valence-corrected chi connectivity index (χ0v) is 12.9. The van der Waals surface area contributed by atoms with E-state index >= 15 is 0 Å². The Morgan fingerprint density at radius 2 is 2.10 bits per heavy atom. The number of hydrogen-bond donors (Lipinski definition) is 2. The first-order valence-corrected chi connectivity index (χ1v) is 7.85. The molecule has 4 N–H and O–H groups in total. The Labute approximate surface area is 126 Å². The van der Waals surface area contributed by atoms with Crippen LogP contribution in [0.5, 0.6) is 5.75 Å². The minimum atomic E-state index is 0.338. The zero-order chi connectivity index (χ0) is 15.0. The minimum absolute atomic E-state index is 0.338. The largest absolute Gasteiger partial charge is 0.489 e. The Bertz CT molecular complexity index is 563. The van der Waals surface area contributed by atoms with Crippen molar-refractivity contribution in [3.05, 3.63) is 29.5 Å². The van der Waals surface area contributed by atoms with Gasteiger partial charge in [-0.1, -0.05) is 0 Å². The van der Waals surface area contributed by atoms with Crippen molar-refractivity contribution in [3.63, 3.8) is 0 Å². The van der Waals surface area contributed by atoms with Gasteiger partial charge < -0.3 is 21.1 Å². The molecule has 114 valence electrons. The van der Waals surface area contributed by atoms with Gasteiger partial charge in [-0.3, -0.25) is 0 Å². The van der Waals surface area contributed by atoms with Crippen LogP contribution in [0.4, 0.5) is 5.69 Å². The summed E-state index contributed by atoms with van der Waals surface area (Å²) < 4.78 is 6.28. The smallest absolute Gasteiger partial charge is 0.134 e. The number of rotatable bonds is 3. The highest BCUT2D eigenvalue weighted by atomic mass is 16.5. The van der Waals surface area contributed by atoms with Crippen molar-refractivity contribution in [2.45, 2.75) is 51.2 Å². The Morgan fingerprint density at radius 3 is 2.71 bits per heavy atom. The van der Waals surface area contributed by atoms with E-state index < -0.39 is 0 Å². The van der Waals surface area contributed by atoms with E-state index in [0.29, 0.717) is 17.8 Å². The van der Waals surface area contributed by atoms with E-state index in [1.165, 1.54) is 23.9 Å². The Hall–Kier alpha value is -1.84. The van der Waals surface area contributed by atoms with Gasteiger partial charge in [0.05, 0.1) is 11.8 Å². The molecule has 1 saturated carbocycles. The first-order chi connectivity index (χ1) is 10.1. The van der Waals surface area contributed by atoms with Crippen LogP contribution in [-0.2, 0) is 6.42 Å². The van der Waals surface area contributed by atoms with E-state index in [4.69, 9.17) is 16.2 Å². The molecule has 0 aromatic heterocycles. The second-order valence-electron chi connectivity index (χ2n) is 6.23. The fourth-order valence-corrected chi connectivity index (χ4v) is 3.08. The predicted octanol–water partition coefficient (Wildman–Crippen LogP) is 2.60. The molecule has 1 unspecified atom stereocenters. The van der Waals surface area contributed by atoms with Gasteiger partial charge >= 0.3 is 0 Å². The van der Waals surface area contributed by atoms with Gasteiger partial charge in [-0.15, -0.1) is 0 Å². The topological polar surface area (TPSA) is 64.5 Å². The van der Waals surface area contributed by atoms with Crippen LogP contribution in [0.25, 0.3) is 5.70 Å². The molecule has 4 heteroatoms. The highest BCUT2D eigenvalue weighted by molar-refractivity contribution is 5.75. The second kappa shape index (κ2) is 5.51. The zero-order valence-electron chi connectivity index (χ0n) is 12.9. The Morgan fingerprint density at radius 1 is 1.33 bits per heavy atom. The highest BCUT2D eigenvalue weighted by Crippen LogP contribution is 2.41. The highest BCUT2D eigenvalue weighted by Gasteiger charge is 2.28. The van der Waals surface area contributed by atoms with Crippen molar-refractivity contribution in [3.8, 4) is 5.75 Å². The van der Waals surface area contributed by atoms with Crippen molar-refractivity contribution in [1.29, 1.82) is 0 Å². The molecule has 3 rings (SSSR count). The molecule has 1 aliphatic heterocycles. The van der Waals surface area contributed by atoms with E-state index in [9.17, 15) is 0 Å². The summed E-state index contributed by atoms with van der Waals surface area (Å²) in [6.07, 6.45) is 7.52. The summed E-state index contributed by atoms with van der Waals surface area (Å²) in [5.41, 5.74) is 15.8. The summed E-state index contributed by atoms with van der Waals surface area (Å²) in [4.78, 5) is 2.33. The van der Waals surface area contributed by atoms with Gasteiger partial charge in [0.15, 0.2) is 0 Å². The van der Waals surface area contributed by atoms with Gasteiger partial charge in [-0.2, -0.15) is 0 Å². The van der Waals surface area contributed by atoms with E-state index in [1.54, 1.807) is 0 Å². The van der Waals surface area contributed by atoms with Crippen LogP contribution < -0.4 is 21.1 Å². The van der Waals surface area contributed by atoms with E-state index in [0.717, 1.165) is 37.0 Å². The normalized spacial score (nSPS) is 22.7. The van der Waals surface area contributed by atoms with Crippen LogP contribution in [0.3, 0.4) is 0 Å². The van der Waals surface area contributed by atoms with E-state index in [-0.39, 0.29) is 0 Å². The second-order valence-corrected chi connectivity index (χ2v) is 6.23. The maximum absolute atomic E-state index is 6.28. The van der Waals surface area contributed by atoms with Crippen LogP contribution in [0, 0.1) is 0 Å². The molecule has 0 saturated heterocycles. The molecule has 0 bridgehead atoms. The summed E-state index contributed by atoms with van der Waals surface area (Å²) in [6.45, 7) is 2.26. The SMILES string of the molecule is CC1CCc2c(ccc(/C(N)=C/N)c2OC2CCC2)N1C. The van der Waals surface area contributed by atoms with Crippen LogP contribution in [0.15, 0.2) is 18.3 Å². The molecule has 1 heterocycles. The number of hydrogen-bond acceptors (Lipinski definition) is 4. The Kier molecular flexibility index (Phi) is 3.70. The number of ether oxygens (including phenoxy) is 1. The van der Waals surface area contributed by atoms with E-state index in [1.807, 2.05) is 6.07 Å². The van der Waals surface area contributed by atoms with Gasteiger partial charge in [0.1, 0.15) is 5.75 Å². The lowest BCUT2D eigenvalue weighted by atomic mass is 9.92. The third-order valence-corrected chi connectivity index (χ3v) is 4.92. The first-order valence-electron chi connectivity index (χ1n) is 7.85. The van der Waals surface area contributed by atoms with Crippen molar-refractivity contribution < 1.29 is 4.74 Å². The summed E-state index contributed by atoms with van der Waals surface area (Å²) >= 11 is 0. The molecule has 1 fully saturated rings. The van der Waals surface area contributed by atoms with Crippen molar-refractivity contribution in [2.24, 2.45) is 11.5 Å². The van der Waals surface area contributed by atoms with Crippen molar-refractivity contribution >= 4 is 11.4 Å². The molecule has 1 atom stereocenters. The number of fused-ring (bicyclic) bond motifs is 1. The lowest BCUT2D eigenvalue weighted by molar-refractivity contribution is 0.118. The number of nitrogens with two attached hydrogens (primary N) is 2. The number of nitrogens with zero attached hydrogens (tertiary/aromatic N) is 1. The molecular weight excluding hydrogens is 262 g/mol. The average molecular weight is 287 g/mol. The summed E-state index contributed by atoms with van der Waals surface area (Å²) in [6, 6.07) is 4.74. The fourth-order valence-electron chi connectivity index (χ4n) is 3.08. The number of anilines is 1. The fraction of sp³-hybridized carbons (Fsp3) is 0.529. The van der Waals surface area contributed by atoms with Crippen LogP contribution in [-0.4, -0.2) is 19.2 Å².